The lowest BCUT2D eigenvalue weighted by Gasteiger charge is -2.29. The van der Waals surface area contributed by atoms with Gasteiger partial charge in [0, 0.05) is 18.2 Å². The third-order valence-electron chi connectivity index (χ3n) is 4.06. The summed E-state index contributed by atoms with van der Waals surface area (Å²) in [6.07, 6.45) is 6.93. The van der Waals surface area contributed by atoms with Crippen molar-refractivity contribution in [2.45, 2.75) is 50.9 Å². The van der Waals surface area contributed by atoms with Gasteiger partial charge in [-0.1, -0.05) is 5.92 Å². The number of nitrogens with zero attached hydrogens (tertiary/aromatic N) is 1. The molecule has 5 nitrogen and oxygen atoms in total. The highest BCUT2D eigenvalue weighted by Crippen LogP contribution is 2.30. The van der Waals surface area contributed by atoms with Crippen LogP contribution >= 0.6 is 11.3 Å². The summed E-state index contributed by atoms with van der Waals surface area (Å²) in [6, 6.07) is 5.53. The molecule has 0 saturated heterocycles. The highest BCUT2D eigenvalue weighted by molar-refractivity contribution is 7.92. The Labute approximate surface area is 158 Å². The Morgan fingerprint density at radius 1 is 1.31 bits per heavy atom. The number of benzene rings is 1. The van der Waals surface area contributed by atoms with E-state index in [0.717, 1.165) is 27.0 Å². The molecule has 0 spiro atoms. The number of rotatable bonds is 5. The molecule has 0 fully saturated rings. The minimum absolute atomic E-state index is 0.0998. The Balaban J connectivity index is 2.27. The SMILES string of the molecule is C#Cc1ccc2nc(CCC(C)(C(=O)OC(C)(C)C)S(C)(=O)=O)sc2c1. The third kappa shape index (κ3) is 4.43. The Morgan fingerprint density at radius 2 is 1.96 bits per heavy atom. The zero-order chi connectivity index (χ0) is 19.8. The lowest BCUT2D eigenvalue weighted by Crippen LogP contribution is -2.47. The summed E-state index contributed by atoms with van der Waals surface area (Å²) >= 11 is 1.45. The van der Waals surface area contributed by atoms with Gasteiger partial charge >= 0.3 is 5.97 Å². The van der Waals surface area contributed by atoms with Gasteiger partial charge in [0.25, 0.3) is 0 Å². The van der Waals surface area contributed by atoms with E-state index in [2.05, 4.69) is 10.9 Å². The number of sulfone groups is 1. The first kappa shape index (κ1) is 20.4. The molecular weight excluding hydrogens is 370 g/mol. The average molecular weight is 394 g/mol. The largest absolute Gasteiger partial charge is 0.459 e. The lowest BCUT2D eigenvalue weighted by atomic mass is 10.0. The van der Waals surface area contributed by atoms with Crippen LogP contribution < -0.4 is 0 Å². The van der Waals surface area contributed by atoms with Gasteiger partial charge in [-0.05, 0) is 52.3 Å². The number of carbonyl (C=O) groups is 1. The van der Waals surface area contributed by atoms with Gasteiger partial charge in [0.2, 0.25) is 0 Å². The Hall–Kier alpha value is -1.91. The maximum absolute atomic E-state index is 12.6. The average Bonchev–Trinajstić information content (AvgIpc) is 2.91. The molecule has 0 radical (unpaired) electrons. The van der Waals surface area contributed by atoms with Gasteiger partial charge in [0.05, 0.1) is 15.2 Å². The van der Waals surface area contributed by atoms with Gasteiger partial charge in [0.15, 0.2) is 14.6 Å². The molecule has 2 aromatic rings. The Bertz CT molecular complexity index is 977. The van der Waals surface area contributed by atoms with E-state index in [1.54, 1.807) is 20.8 Å². The number of aromatic nitrogens is 1. The highest BCUT2D eigenvalue weighted by atomic mass is 32.2. The van der Waals surface area contributed by atoms with Crippen LogP contribution in [0.25, 0.3) is 10.2 Å². The van der Waals surface area contributed by atoms with Crippen molar-refractivity contribution >= 4 is 37.4 Å². The third-order valence-corrected chi connectivity index (χ3v) is 7.15. The summed E-state index contributed by atoms with van der Waals surface area (Å²) in [6.45, 7) is 6.55. The zero-order valence-corrected chi connectivity index (χ0v) is 17.3. The molecule has 0 aliphatic rings. The molecule has 1 unspecified atom stereocenters. The van der Waals surface area contributed by atoms with E-state index in [0.29, 0.717) is 6.42 Å². The highest BCUT2D eigenvalue weighted by Gasteiger charge is 2.46. The molecule has 1 atom stereocenters. The van der Waals surface area contributed by atoms with E-state index in [4.69, 9.17) is 11.2 Å². The Kier molecular flexibility index (Phi) is 5.50. The number of hydrogen-bond acceptors (Lipinski definition) is 6. The predicted octanol–water partition coefficient (Wildman–Crippen LogP) is 3.36. The van der Waals surface area contributed by atoms with E-state index in [1.165, 1.54) is 18.3 Å². The molecule has 0 aliphatic carbocycles. The van der Waals surface area contributed by atoms with Crippen molar-refractivity contribution in [1.82, 2.24) is 4.98 Å². The fourth-order valence-corrected chi connectivity index (χ4v) is 4.16. The van der Waals surface area contributed by atoms with Crippen molar-refractivity contribution < 1.29 is 17.9 Å². The molecule has 0 N–H and O–H groups in total. The number of hydrogen-bond donors (Lipinski definition) is 0. The van der Waals surface area contributed by atoms with Crippen LogP contribution in [0.15, 0.2) is 18.2 Å². The summed E-state index contributed by atoms with van der Waals surface area (Å²) in [7, 11) is -3.67. The number of esters is 1. The standard InChI is InChI=1S/C19H23NO4S2/c1-7-13-8-9-14-15(12-13)25-16(20-14)10-11-19(5,26(6,22)23)17(21)24-18(2,3)4/h1,8-9,12H,10-11H2,2-6H3. The molecular formula is C19H23NO4S2. The second-order valence-corrected chi connectivity index (χ2v) is 11.0. The first-order valence-corrected chi connectivity index (χ1v) is 10.9. The molecule has 7 heteroatoms. The van der Waals surface area contributed by atoms with Crippen LogP contribution in [0.5, 0.6) is 0 Å². The number of terminal acetylenes is 1. The molecule has 0 bridgehead atoms. The van der Waals surface area contributed by atoms with E-state index in [9.17, 15) is 13.2 Å². The number of fused-ring (bicyclic) bond motifs is 1. The fourth-order valence-electron chi connectivity index (χ4n) is 2.34. The van der Waals surface area contributed by atoms with E-state index < -0.39 is 26.2 Å². The lowest BCUT2D eigenvalue weighted by molar-refractivity contribution is -0.157. The maximum atomic E-state index is 12.6. The minimum Gasteiger partial charge on any atom is -0.459 e. The first-order chi connectivity index (χ1) is 11.9. The zero-order valence-electron chi connectivity index (χ0n) is 15.6. The van der Waals surface area contributed by atoms with Crippen molar-refractivity contribution in [2.24, 2.45) is 0 Å². The van der Waals surface area contributed by atoms with Crippen molar-refractivity contribution in [2.75, 3.05) is 6.26 Å². The molecule has 140 valence electrons. The maximum Gasteiger partial charge on any atom is 0.327 e. The minimum atomic E-state index is -3.67. The van der Waals surface area contributed by atoms with Crippen LogP contribution in [0.3, 0.4) is 0 Å². The first-order valence-electron chi connectivity index (χ1n) is 8.15. The van der Waals surface area contributed by atoms with E-state index in [1.807, 2.05) is 18.2 Å². The predicted molar refractivity (Wildman–Crippen MR) is 105 cm³/mol. The van der Waals surface area contributed by atoms with Gasteiger partial charge in [-0.2, -0.15) is 0 Å². The number of ether oxygens (including phenoxy) is 1. The Morgan fingerprint density at radius 3 is 2.50 bits per heavy atom. The van der Waals surface area contributed by atoms with E-state index in [-0.39, 0.29) is 6.42 Å². The van der Waals surface area contributed by atoms with Crippen molar-refractivity contribution in [3.05, 3.63) is 28.8 Å². The number of aryl methyl sites for hydroxylation is 1. The van der Waals surface area contributed by atoms with Crippen LogP contribution in [-0.2, 0) is 25.8 Å². The van der Waals surface area contributed by atoms with Crippen molar-refractivity contribution in [3.8, 4) is 12.3 Å². The van der Waals surface area contributed by atoms with Crippen molar-refractivity contribution in [3.63, 3.8) is 0 Å². The summed E-state index contributed by atoms with van der Waals surface area (Å²) in [5, 5.41) is 0.757. The van der Waals surface area contributed by atoms with Crippen LogP contribution in [0.1, 0.15) is 44.7 Å². The van der Waals surface area contributed by atoms with Gasteiger partial charge < -0.3 is 4.74 Å². The molecule has 0 amide bonds. The molecule has 1 aromatic heterocycles. The molecule has 26 heavy (non-hydrogen) atoms. The summed E-state index contributed by atoms with van der Waals surface area (Å²) in [5.41, 5.74) is 0.814. The smallest absolute Gasteiger partial charge is 0.327 e. The monoisotopic (exact) mass is 393 g/mol. The quantitative estimate of drug-likeness (QED) is 0.575. The van der Waals surface area contributed by atoms with Gasteiger partial charge in [-0.3, -0.25) is 4.79 Å². The van der Waals surface area contributed by atoms with Crippen LogP contribution in [0.2, 0.25) is 0 Å². The van der Waals surface area contributed by atoms with Crippen molar-refractivity contribution in [1.29, 1.82) is 0 Å². The van der Waals surface area contributed by atoms with E-state index >= 15 is 0 Å². The molecule has 1 aromatic carbocycles. The molecule has 2 rings (SSSR count). The molecule has 0 saturated carbocycles. The number of carbonyl (C=O) groups excluding carboxylic acids is 1. The normalized spacial score (nSPS) is 14.6. The summed E-state index contributed by atoms with van der Waals surface area (Å²) < 4.78 is 29.3. The van der Waals surface area contributed by atoms with Gasteiger partial charge in [0.1, 0.15) is 5.60 Å². The molecule has 1 heterocycles. The van der Waals surface area contributed by atoms with Crippen LogP contribution in [0, 0.1) is 12.3 Å². The summed E-state index contributed by atoms with van der Waals surface area (Å²) in [5.74, 6) is 1.85. The molecule has 0 aliphatic heterocycles. The second kappa shape index (κ2) is 7.01. The fraction of sp³-hybridized carbons (Fsp3) is 0.474. The van der Waals surface area contributed by atoms with Gasteiger partial charge in [-0.15, -0.1) is 17.8 Å². The van der Waals surface area contributed by atoms with Gasteiger partial charge in [-0.25, -0.2) is 13.4 Å². The number of thiazole rings is 1. The van der Waals surface area contributed by atoms with Crippen LogP contribution in [-0.4, -0.2) is 36.0 Å². The van der Waals surface area contributed by atoms with Crippen LogP contribution in [0.4, 0.5) is 0 Å². The topological polar surface area (TPSA) is 73.3 Å². The summed E-state index contributed by atoms with van der Waals surface area (Å²) in [4.78, 5) is 17.1. The second-order valence-electron chi connectivity index (χ2n) is 7.44.